The number of nitrogens with zero attached hydrogens (tertiary/aromatic N) is 2. The Bertz CT molecular complexity index is 467. The van der Waals surface area contributed by atoms with E-state index in [0.29, 0.717) is 0 Å². The summed E-state index contributed by atoms with van der Waals surface area (Å²) in [6, 6.07) is 8.54. The van der Waals surface area contributed by atoms with E-state index in [0.717, 1.165) is 39.3 Å². The number of hydrogen-bond donors (Lipinski definition) is 1. The molecule has 1 fully saturated rings. The molecule has 1 aliphatic heterocycles. The molecule has 1 N–H and O–H groups in total. The van der Waals surface area contributed by atoms with Crippen molar-refractivity contribution in [2.24, 2.45) is 5.92 Å². The molecule has 1 aromatic rings. The molecule has 1 atom stereocenters. The van der Waals surface area contributed by atoms with E-state index in [-0.39, 0.29) is 11.8 Å². The van der Waals surface area contributed by atoms with E-state index in [9.17, 15) is 4.79 Å². The lowest BCUT2D eigenvalue weighted by Gasteiger charge is -2.36. The molecule has 0 saturated carbocycles. The van der Waals surface area contributed by atoms with Gasteiger partial charge in [-0.3, -0.25) is 9.69 Å². The van der Waals surface area contributed by atoms with Crippen molar-refractivity contribution in [2.45, 2.75) is 20.4 Å². The van der Waals surface area contributed by atoms with Crippen molar-refractivity contribution in [2.75, 3.05) is 39.8 Å². The second-order valence-electron chi connectivity index (χ2n) is 5.99. The summed E-state index contributed by atoms with van der Waals surface area (Å²) in [4.78, 5) is 16.7. The lowest BCUT2D eigenvalue weighted by atomic mass is 10.1. The molecule has 2 rings (SSSR count). The molecule has 0 spiro atoms. The first-order valence-corrected chi connectivity index (χ1v) is 7.82. The highest BCUT2D eigenvalue weighted by Gasteiger charge is 2.24. The Morgan fingerprint density at radius 2 is 1.90 bits per heavy atom. The largest absolute Gasteiger partial charge is 0.340 e. The molecule has 1 aliphatic rings. The van der Waals surface area contributed by atoms with Crippen LogP contribution in [0.3, 0.4) is 0 Å². The molecule has 4 heteroatoms. The van der Waals surface area contributed by atoms with Crippen molar-refractivity contribution >= 4 is 5.91 Å². The van der Waals surface area contributed by atoms with Crippen molar-refractivity contribution < 1.29 is 4.79 Å². The van der Waals surface area contributed by atoms with Gasteiger partial charge in [0.1, 0.15) is 0 Å². The van der Waals surface area contributed by atoms with Gasteiger partial charge in [-0.25, -0.2) is 0 Å². The molecular formula is C17H27N3O. The van der Waals surface area contributed by atoms with E-state index in [1.165, 1.54) is 11.1 Å². The predicted molar refractivity (Wildman–Crippen MR) is 86.1 cm³/mol. The van der Waals surface area contributed by atoms with Crippen LogP contribution in [0.25, 0.3) is 0 Å². The van der Waals surface area contributed by atoms with Gasteiger partial charge in [-0.1, -0.05) is 31.2 Å². The molecule has 1 amide bonds. The van der Waals surface area contributed by atoms with E-state index < -0.39 is 0 Å². The summed E-state index contributed by atoms with van der Waals surface area (Å²) in [5, 5.41) is 3.08. The van der Waals surface area contributed by atoms with Crippen LogP contribution >= 0.6 is 0 Å². The number of nitrogens with one attached hydrogen (secondary N) is 1. The van der Waals surface area contributed by atoms with Crippen LogP contribution in [0.15, 0.2) is 24.3 Å². The summed E-state index contributed by atoms with van der Waals surface area (Å²) < 4.78 is 0. The topological polar surface area (TPSA) is 35.6 Å². The summed E-state index contributed by atoms with van der Waals surface area (Å²) >= 11 is 0. The number of piperazine rings is 1. The van der Waals surface area contributed by atoms with Gasteiger partial charge in [0.15, 0.2) is 0 Å². The number of hydrogen-bond acceptors (Lipinski definition) is 3. The molecule has 0 bridgehead atoms. The summed E-state index contributed by atoms with van der Waals surface area (Å²) in [5.74, 6) is 0.345. The average Bonchev–Trinajstić information content (AvgIpc) is 2.50. The van der Waals surface area contributed by atoms with E-state index >= 15 is 0 Å². The first-order valence-electron chi connectivity index (χ1n) is 7.82. The Labute approximate surface area is 128 Å². The minimum absolute atomic E-state index is 0.0675. The maximum atomic E-state index is 12.3. The second-order valence-corrected chi connectivity index (χ2v) is 5.99. The van der Waals surface area contributed by atoms with Gasteiger partial charge in [0.05, 0.1) is 0 Å². The third kappa shape index (κ3) is 4.29. The molecule has 0 radical (unpaired) electrons. The highest BCUT2D eigenvalue weighted by Crippen LogP contribution is 2.13. The van der Waals surface area contributed by atoms with Gasteiger partial charge in [0.25, 0.3) is 0 Å². The van der Waals surface area contributed by atoms with Crippen LogP contribution in [0, 0.1) is 12.8 Å². The number of carbonyl (C=O) groups excluding carboxylic acids is 1. The van der Waals surface area contributed by atoms with Crippen LogP contribution in [0.1, 0.15) is 18.1 Å². The monoisotopic (exact) mass is 289 g/mol. The molecular weight excluding hydrogens is 262 g/mol. The second kappa shape index (κ2) is 7.57. The first-order chi connectivity index (χ1) is 10.1. The summed E-state index contributed by atoms with van der Waals surface area (Å²) in [5.41, 5.74) is 2.74. The fraction of sp³-hybridized carbons (Fsp3) is 0.588. The molecule has 21 heavy (non-hydrogen) atoms. The van der Waals surface area contributed by atoms with Crippen LogP contribution in [0.5, 0.6) is 0 Å². The van der Waals surface area contributed by atoms with Gasteiger partial charge in [-0.15, -0.1) is 0 Å². The molecule has 1 heterocycles. The average molecular weight is 289 g/mol. The van der Waals surface area contributed by atoms with Gasteiger partial charge in [0, 0.05) is 45.2 Å². The lowest BCUT2D eigenvalue weighted by molar-refractivity contribution is -0.136. The van der Waals surface area contributed by atoms with E-state index in [1.807, 2.05) is 18.9 Å². The quantitative estimate of drug-likeness (QED) is 0.892. The van der Waals surface area contributed by atoms with Crippen molar-refractivity contribution in [3.8, 4) is 0 Å². The zero-order chi connectivity index (χ0) is 15.2. The third-order valence-electron chi connectivity index (χ3n) is 4.27. The van der Waals surface area contributed by atoms with Crippen LogP contribution in [0.4, 0.5) is 0 Å². The zero-order valence-electron chi connectivity index (χ0n) is 13.4. The Balaban J connectivity index is 1.83. The van der Waals surface area contributed by atoms with Crippen LogP contribution < -0.4 is 5.32 Å². The van der Waals surface area contributed by atoms with Crippen LogP contribution in [-0.4, -0.2) is 55.5 Å². The highest BCUT2D eigenvalue weighted by molar-refractivity contribution is 5.78. The summed E-state index contributed by atoms with van der Waals surface area (Å²) in [6.45, 7) is 9.52. The Kier molecular flexibility index (Phi) is 5.76. The van der Waals surface area contributed by atoms with Crippen molar-refractivity contribution in [1.29, 1.82) is 0 Å². The van der Waals surface area contributed by atoms with Gasteiger partial charge in [0.2, 0.25) is 5.91 Å². The van der Waals surface area contributed by atoms with Gasteiger partial charge < -0.3 is 10.2 Å². The molecule has 116 valence electrons. The molecule has 1 unspecified atom stereocenters. The minimum atomic E-state index is 0.0675. The van der Waals surface area contributed by atoms with Gasteiger partial charge in [-0.05, 0) is 25.1 Å². The van der Waals surface area contributed by atoms with Crippen LogP contribution in [-0.2, 0) is 11.3 Å². The maximum Gasteiger partial charge on any atom is 0.226 e. The molecule has 1 saturated heterocycles. The Morgan fingerprint density at radius 3 is 2.52 bits per heavy atom. The van der Waals surface area contributed by atoms with Crippen molar-refractivity contribution in [1.82, 2.24) is 15.1 Å². The van der Waals surface area contributed by atoms with E-state index in [1.54, 1.807) is 0 Å². The first kappa shape index (κ1) is 16.0. The Morgan fingerprint density at radius 1 is 1.24 bits per heavy atom. The molecule has 1 aromatic carbocycles. The van der Waals surface area contributed by atoms with Crippen LogP contribution in [0.2, 0.25) is 0 Å². The minimum Gasteiger partial charge on any atom is -0.340 e. The standard InChI is InChI=1S/C17H27N3O/c1-14-6-4-5-7-16(14)13-19-8-10-20(11-9-19)17(21)15(2)12-18-3/h4-7,15,18H,8-13H2,1-3H3. The van der Waals surface area contributed by atoms with Gasteiger partial charge in [-0.2, -0.15) is 0 Å². The van der Waals surface area contributed by atoms with E-state index in [4.69, 9.17) is 0 Å². The maximum absolute atomic E-state index is 12.3. The Hall–Kier alpha value is -1.39. The number of rotatable bonds is 5. The highest BCUT2D eigenvalue weighted by atomic mass is 16.2. The lowest BCUT2D eigenvalue weighted by Crippen LogP contribution is -2.50. The zero-order valence-corrected chi connectivity index (χ0v) is 13.4. The number of aryl methyl sites for hydroxylation is 1. The third-order valence-corrected chi connectivity index (χ3v) is 4.27. The number of carbonyl (C=O) groups is 1. The summed E-state index contributed by atoms with van der Waals surface area (Å²) in [7, 11) is 1.89. The van der Waals surface area contributed by atoms with E-state index in [2.05, 4.69) is 41.4 Å². The molecule has 0 aliphatic carbocycles. The summed E-state index contributed by atoms with van der Waals surface area (Å²) in [6.07, 6.45) is 0. The normalized spacial score (nSPS) is 17.8. The fourth-order valence-corrected chi connectivity index (χ4v) is 2.86. The smallest absolute Gasteiger partial charge is 0.226 e. The number of amides is 1. The van der Waals surface area contributed by atoms with Gasteiger partial charge >= 0.3 is 0 Å². The predicted octanol–water partition coefficient (Wildman–Crippen LogP) is 1.49. The van der Waals surface area contributed by atoms with Crippen molar-refractivity contribution in [3.05, 3.63) is 35.4 Å². The molecule has 0 aromatic heterocycles. The SMILES string of the molecule is CNCC(C)C(=O)N1CCN(Cc2ccccc2C)CC1. The fourth-order valence-electron chi connectivity index (χ4n) is 2.86. The molecule has 4 nitrogen and oxygen atoms in total. The van der Waals surface area contributed by atoms with Crippen molar-refractivity contribution in [3.63, 3.8) is 0 Å². The number of benzene rings is 1.